The normalized spacial score (nSPS) is 12.3. The van der Waals surface area contributed by atoms with Crippen molar-refractivity contribution >= 4 is 11.5 Å². The van der Waals surface area contributed by atoms with E-state index in [1.165, 1.54) is 0 Å². The van der Waals surface area contributed by atoms with Crippen LogP contribution in [-0.2, 0) is 9.53 Å². The second kappa shape index (κ2) is 9.63. The number of allylic oxidation sites excluding steroid dienone is 1. The van der Waals surface area contributed by atoms with Crippen LogP contribution in [-0.4, -0.2) is 17.6 Å². The molecule has 0 bridgehead atoms. The summed E-state index contributed by atoms with van der Waals surface area (Å²) < 4.78 is 5.82. The number of ether oxygens (including phenoxy) is 1. The molecule has 1 unspecified atom stereocenters. The van der Waals surface area contributed by atoms with Gasteiger partial charge in [0.1, 0.15) is 6.10 Å². The first-order valence-corrected chi connectivity index (χ1v) is 7.13. The average molecular weight is 319 g/mol. The molecule has 0 aliphatic rings. The Balaban J connectivity index is 0.00000264. The molecule has 0 aliphatic heterocycles. The largest absolute Gasteiger partial charge is 1.00 e. The van der Waals surface area contributed by atoms with Crippen LogP contribution in [0, 0.1) is 0 Å². The molecular formula is C18H18NNaO3. The number of aromatic nitrogens is 1. The van der Waals surface area contributed by atoms with Gasteiger partial charge in [-0.25, -0.2) is 0 Å². The number of nitrogens with zero attached hydrogens (tertiary/aromatic N) is 1. The number of hydrogen-bond donors (Lipinski definition) is 0. The Kier molecular flexibility index (Phi) is 8.20. The third-order valence-electron chi connectivity index (χ3n) is 3.32. The summed E-state index contributed by atoms with van der Waals surface area (Å²) in [4.78, 5) is 14.7. The fourth-order valence-electron chi connectivity index (χ4n) is 2.26. The maximum absolute atomic E-state index is 10.6. The molecule has 4 nitrogen and oxygen atoms in total. The number of carbonyl (C=O) groups excluding carboxylic acids is 1. The number of pyridine rings is 1. The van der Waals surface area contributed by atoms with Crippen molar-refractivity contribution in [2.75, 3.05) is 6.61 Å². The number of carbonyl (C=O) groups is 1. The molecule has 5 heteroatoms. The first-order chi connectivity index (χ1) is 10.6. The summed E-state index contributed by atoms with van der Waals surface area (Å²) in [6.45, 7) is 4.28. The van der Waals surface area contributed by atoms with Gasteiger partial charge in [0, 0.05) is 24.6 Å². The van der Waals surface area contributed by atoms with Crippen molar-refractivity contribution in [2.24, 2.45) is 0 Å². The molecule has 0 fully saturated rings. The van der Waals surface area contributed by atoms with E-state index in [9.17, 15) is 9.90 Å². The Morgan fingerprint density at radius 2 is 1.96 bits per heavy atom. The van der Waals surface area contributed by atoms with Crippen LogP contribution in [0.15, 0.2) is 54.9 Å². The van der Waals surface area contributed by atoms with E-state index in [0.717, 1.165) is 22.8 Å². The van der Waals surface area contributed by atoms with E-state index < -0.39 is 5.97 Å². The van der Waals surface area contributed by atoms with Gasteiger partial charge in [-0.1, -0.05) is 30.3 Å². The summed E-state index contributed by atoms with van der Waals surface area (Å²) in [6, 6.07) is 11.5. The van der Waals surface area contributed by atoms with Crippen LogP contribution in [0.3, 0.4) is 0 Å². The van der Waals surface area contributed by atoms with E-state index in [4.69, 9.17) is 4.74 Å². The van der Waals surface area contributed by atoms with E-state index in [1.807, 2.05) is 43.3 Å². The number of carboxylic acids is 1. The van der Waals surface area contributed by atoms with Crippen molar-refractivity contribution in [3.8, 4) is 0 Å². The van der Waals surface area contributed by atoms with Crippen LogP contribution >= 0.6 is 0 Å². The summed E-state index contributed by atoms with van der Waals surface area (Å²) in [5.41, 5.74) is 3.48. The Morgan fingerprint density at radius 3 is 2.48 bits per heavy atom. The summed E-state index contributed by atoms with van der Waals surface area (Å²) in [7, 11) is 0. The number of rotatable bonds is 6. The Labute approximate surface area is 158 Å². The number of benzene rings is 1. The molecule has 0 amide bonds. The van der Waals surface area contributed by atoms with Gasteiger partial charge < -0.3 is 14.6 Å². The molecule has 0 radical (unpaired) electrons. The predicted octanol–water partition coefficient (Wildman–Crippen LogP) is -0.635. The van der Waals surface area contributed by atoms with E-state index in [-0.39, 0.29) is 35.7 Å². The smallest absolute Gasteiger partial charge is 0.545 e. The third kappa shape index (κ3) is 5.59. The first-order valence-electron chi connectivity index (χ1n) is 7.13. The third-order valence-corrected chi connectivity index (χ3v) is 3.32. The maximum Gasteiger partial charge on any atom is 1.00 e. The molecule has 1 aromatic heterocycles. The molecule has 23 heavy (non-hydrogen) atoms. The van der Waals surface area contributed by atoms with E-state index in [0.29, 0.717) is 12.2 Å². The van der Waals surface area contributed by atoms with Crippen LogP contribution in [0.4, 0.5) is 0 Å². The van der Waals surface area contributed by atoms with Gasteiger partial charge >= 0.3 is 29.6 Å². The number of hydrogen-bond acceptors (Lipinski definition) is 4. The molecule has 2 rings (SSSR count). The van der Waals surface area contributed by atoms with Crippen LogP contribution in [0.1, 0.15) is 36.6 Å². The van der Waals surface area contributed by atoms with Gasteiger partial charge in [-0.2, -0.15) is 0 Å². The van der Waals surface area contributed by atoms with Crippen LogP contribution < -0.4 is 34.7 Å². The molecular weight excluding hydrogens is 301 g/mol. The van der Waals surface area contributed by atoms with Crippen LogP contribution in [0.25, 0.3) is 5.57 Å². The standard InChI is InChI=1S/C18H19NO3.Na/c1-3-22-18(16-5-4-10-19-12-16)15-8-6-14(7-9-15)13(2)11-17(20)21;/h4-12,18H,3H2,1-2H3,(H,20,21);/q;+1/p-1. The fraction of sp³-hybridized carbons (Fsp3) is 0.222. The van der Waals surface area contributed by atoms with Gasteiger partial charge in [-0.05, 0) is 42.7 Å². The quantitative estimate of drug-likeness (QED) is 0.525. The molecule has 114 valence electrons. The number of carboxylic acid groups (broad SMARTS) is 1. The Morgan fingerprint density at radius 1 is 1.26 bits per heavy atom. The minimum Gasteiger partial charge on any atom is -0.545 e. The summed E-state index contributed by atoms with van der Waals surface area (Å²) in [5, 5.41) is 10.6. The van der Waals surface area contributed by atoms with Gasteiger partial charge in [0.25, 0.3) is 0 Å². The van der Waals surface area contributed by atoms with Gasteiger partial charge in [-0.15, -0.1) is 0 Å². The first kappa shape index (κ1) is 19.6. The SMILES string of the molecule is CCOC(c1ccc(C(C)=CC(=O)[O-])cc1)c1cccnc1.[Na+]. The molecule has 1 atom stereocenters. The fourth-order valence-corrected chi connectivity index (χ4v) is 2.26. The van der Waals surface area contributed by atoms with Gasteiger partial charge in [-0.3, -0.25) is 4.98 Å². The van der Waals surface area contributed by atoms with Crippen molar-refractivity contribution in [2.45, 2.75) is 20.0 Å². The second-order valence-electron chi connectivity index (χ2n) is 4.89. The van der Waals surface area contributed by atoms with Gasteiger partial charge in [0.2, 0.25) is 0 Å². The van der Waals surface area contributed by atoms with Gasteiger partial charge in [0.05, 0.1) is 5.97 Å². The minimum absolute atomic E-state index is 0. The molecule has 1 heterocycles. The van der Waals surface area contributed by atoms with Crippen molar-refractivity contribution < 1.29 is 44.2 Å². The van der Waals surface area contributed by atoms with E-state index in [1.54, 1.807) is 19.3 Å². The Bertz CT molecular complexity index is 654. The number of aliphatic carboxylic acids is 1. The zero-order chi connectivity index (χ0) is 15.9. The molecule has 0 saturated heterocycles. The summed E-state index contributed by atoms with van der Waals surface area (Å²) in [5.74, 6) is -1.19. The predicted molar refractivity (Wildman–Crippen MR) is 82.8 cm³/mol. The van der Waals surface area contributed by atoms with E-state index >= 15 is 0 Å². The topological polar surface area (TPSA) is 62.2 Å². The average Bonchev–Trinajstić information content (AvgIpc) is 2.53. The molecule has 0 saturated carbocycles. The molecule has 0 aliphatic carbocycles. The Hall–Kier alpha value is -1.46. The maximum atomic E-state index is 10.6. The van der Waals surface area contributed by atoms with E-state index in [2.05, 4.69) is 4.98 Å². The van der Waals surface area contributed by atoms with Crippen molar-refractivity contribution in [1.82, 2.24) is 4.98 Å². The molecule has 1 aromatic carbocycles. The van der Waals surface area contributed by atoms with Crippen LogP contribution in [0.2, 0.25) is 0 Å². The van der Waals surface area contributed by atoms with Crippen LogP contribution in [0.5, 0.6) is 0 Å². The zero-order valence-electron chi connectivity index (χ0n) is 13.7. The summed E-state index contributed by atoms with van der Waals surface area (Å²) >= 11 is 0. The monoisotopic (exact) mass is 319 g/mol. The zero-order valence-corrected chi connectivity index (χ0v) is 15.7. The van der Waals surface area contributed by atoms with Gasteiger partial charge in [0.15, 0.2) is 0 Å². The van der Waals surface area contributed by atoms with Crippen molar-refractivity contribution in [3.05, 3.63) is 71.6 Å². The molecule has 0 N–H and O–H groups in total. The molecule has 0 spiro atoms. The molecule has 2 aromatic rings. The minimum atomic E-state index is -1.19. The van der Waals surface area contributed by atoms with Crippen molar-refractivity contribution in [3.63, 3.8) is 0 Å². The summed E-state index contributed by atoms with van der Waals surface area (Å²) in [6.07, 6.45) is 4.42. The van der Waals surface area contributed by atoms with Crippen molar-refractivity contribution in [1.29, 1.82) is 0 Å². The second-order valence-corrected chi connectivity index (χ2v) is 4.89.